The quantitative estimate of drug-likeness (QED) is 0.0146. The van der Waals surface area contributed by atoms with E-state index in [0.29, 0.717) is 19.3 Å². The van der Waals surface area contributed by atoms with Crippen molar-refractivity contribution in [3.05, 3.63) is 170 Å². The molecule has 0 fully saturated rings. The first kappa shape index (κ1) is 93.9. The summed E-state index contributed by atoms with van der Waals surface area (Å²) in [6, 6.07) is 0. The van der Waals surface area contributed by atoms with Crippen LogP contribution < -0.4 is 0 Å². The van der Waals surface area contributed by atoms with Crippen LogP contribution in [-0.2, 0) is 55.8 Å². The van der Waals surface area contributed by atoms with Crippen molar-refractivity contribution in [2.24, 2.45) is 0 Å². The van der Waals surface area contributed by atoms with Gasteiger partial charge >= 0.3 is 33.6 Å². The van der Waals surface area contributed by atoms with E-state index in [2.05, 4.69) is 191 Å². The van der Waals surface area contributed by atoms with Crippen molar-refractivity contribution in [3.63, 3.8) is 0 Å². The molecule has 0 radical (unpaired) electrons. The highest BCUT2D eigenvalue weighted by Gasteiger charge is 2.29. The van der Waals surface area contributed by atoms with E-state index >= 15 is 0 Å². The van der Waals surface area contributed by atoms with Gasteiger partial charge in [-0.2, -0.15) is 0 Å². The predicted octanol–water partition coefficient (Wildman–Crippen LogP) is 21.6. The molecule has 0 amide bonds. The summed E-state index contributed by atoms with van der Waals surface area (Å²) in [5.74, 6) is -1.63. The average molecular weight is 1420 g/mol. The summed E-state index contributed by atoms with van der Waals surface area (Å²) < 4.78 is 61.0. The first-order valence-electron chi connectivity index (χ1n) is 37.4. The molecule has 0 spiro atoms. The molecule has 0 aromatic heterocycles. The lowest BCUT2D eigenvalue weighted by Gasteiger charge is -2.21. The number of phosphoric ester groups is 2. The molecule has 0 aliphatic carbocycles. The first-order chi connectivity index (χ1) is 48.2. The molecule has 0 heterocycles. The summed E-state index contributed by atoms with van der Waals surface area (Å²) in [5, 5.41) is 20.6. The standard InChI is InChI=1S/C81H132O16P2/c1-4-7-10-13-16-19-22-25-28-30-32-34-35-36-37-38-39-41-43-44-47-49-52-55-58-61-64-67-79(84)91-70-76(82)71-93-98(87,88)94-72-77(83)73-95-99(89,90)96-75-78(97-81(86)69-66-63-60-57-54-51-46-27-24-21-18-15-12-9-6-3)74-92-80(85)68-65-62-59-56-53-50-48-45-42-40-33-31-29-26-23-20-17-14-11-8-5-2/h7-12,16-21,25-29,32-34,36-37,39-41,45-46,48,76-78,82-83H,4-6,13-15,22-24,30-31,35,38,42-44,47,49-75H2,1-3H3,(H,87,88)(H,89,90)/b10-7-,11-8-,12-9-,19-16-,20-17-,21-18-,28-25-,29-26-,34-32-,37-36-,40-33-,41-39-,46-27-,48-45-. The number of rotatable bonds is 69. The van der Waals surface area contributed by atoms with Crippen LogP contribution in [0.2, 0.25) is 0 Å². The molecule has 0 aliphatic rings. The maximum Gasteiger partial charge on any atom is 0.472 e. The van der Waals surface area contributed by atoms with Crippen LogP contribution in [0.5, 0.6) is 0 Å². The van der Waals surface area contributed by atoms with Gasteiger partial charge in [0.05, 0.1) is 26.4 Å². The molecular formula is C81H132O16P2. The van der Waals surface area contributed by atoms with Crippen LogP contribution in [0, 0.1) is 0 Å². The fourth-order valence-corrected chi connectivity index (χ4v) is 10.9. The van der Waals surface area contributed by atoms with Crippen molar-refractivity contribution in [1.82, 2.24) is 0 Å². The number of esters is 3. The van der Waals surface area contributed by atoms with Gasteiger partial charge in [0, 0.05) is 19.3 Å². The number of hydrogen-bond acceptors (Lipinski definition) is 14. The van der Waals surface area contributed by atoms with Crippen molar-refractivity contribution in [2.45, 2.75) is 283 Å². The summed E-state index contributed by atoms with van der Waals surface area (Å²) >= 11 is 0. The molecular weight excluding hydrogens is 1290 g/mol. The van der Waals surface area contributed by atoms with Gasteiger partial charge in [-0.1, -0.05) is 268 Å². The number of carbonyl (C=O) groups excluding carboxylic acids is 3. The van der Waals surface area contributed by atoms with Crippen molar-refractivity contribution >= 4 is 33.6 Å². The van der Waals surface area contributed by atoms with Crippen LogP contribution in [0.15, 0.2) is 170 Å². The molecule has 0 aliphatic heterocycles. The minimum atomic E-state index is -4.95. The summed E-state index contributed by atoms with van der Waals surface area (Å²) in [4.78, 5) is 58.6. The molecule has 0 aromatic carbocycles. The number of hydrogen-bond donors (Lipinski definition) is 4. The van der Waals surface area contributed by atoms with E-state index in [0.717, 1.165) is 186 Å². The van der Waals surface area contributed by atoms with E-state index in [4.69, 9.17) is 32.3 Å². The molecule has 5 atom stereocenters. The molecule has 0 aromatic rings. The minimum absolute atomic E-state index is 0.0743. The SMILES string of the molecule is CC/C=C\C/C=C\C/C=C\C/C=C\C/C=C\C/C=C\CCCCCCCCCCC(=O)OCC(O)COP(=O)(O)OCC(O)COP(=O)(O)OCC(COC(=O)CCCCCCC/C=C\C/C=C\C/C=C\C/C=C\C/C=C\CC)OC(=O)CCCCCCC/C=C\C/C=C\C/C=C\CC. The lowest BCUT2D eigenvalue weighted by molar-refractivity contribution is -0.161. The molecule has 0 bridgehead atoms. The second-order valence-corrected chi connectivity index (χ2v) is 27.2. The van der Waals surface area contributed by atoms with Crippen LogP contribution >= 0.6 is 15.6 Å². The van der Waals surface area contributed by atoms with Gasteiger partial charge in [0.15, 0.2) is 6.10 Å². The van der Waals surface area contributed by atoms with E-state index in [1.807, 2.05) is 0 Å². The first-order valence-corrected chi connectivity index (χ1v) is 40.4. The fourth-order valence-electron chi connectivity index (χ4n) is 9.32. The number of phosphoric acid groups is 2. The second kappa shape index (κ2) is 72.7. The van der Waals surface area contributed by atoms with Crippen molar-refractivity contribution < 1.29 is 75.8 Å². The summed E-state index contributed by atoms with van der Waals surface area (Å²) in [6.07, 6.45) is 91.1. The van der Waals surface area contributed by atoms with Crippen LogP contribution in [0.4, 0.5) is 0 Å². The van der Waals surface area contributed by atoms with E-state index in [-0.39, 0.29) is 19.3 Å². The third-order valence-electron chi connectivity index (χ3n) is 14.9. The summed E-state index contributed by atoms with van der Waals surface area (Å²) in [6.45, 7) is 2.26. The summed E-state index contributed by atoms with van der Waals surface area (Å²) in [5.41, 5.74) is 0. The monoisotopic (exact) mass is 1420 g/mol. The number of carbonyl (C=O) groups is 3. The minimum Gasteiger partial charge on any atom is -0.463 e. The van der Waals surface area contributed by atoms with Gasteiger partial charge in [-0.25, -0.2) is 9.13 Å². The van der Waals surface area contributed by atoms with E-state index in [1.165, 1.54) is 19.3 Å². The third kappa shape index (κ3) is 73.9. The Balaban J connectivity index is 4.63. The molecule has 4 N–H and O–H groups in total. The zero-order valence-corrected chi connectivity index (χ0v) is 62.9. The van der Waals surface area contributed by atoms with E-state index in [9.17, 15) is 43.5 Å². The highest BCUT2D eigenvalue weighted by atomic mass is 31.2. The number of ether oxygens (including phenoxy) is 3. The maximum absolute atomic E-state index is 12.9. The number of aliphatic hydroxyl groups is 2. The highest BCUT2D eigenvalue weighted by molar-refractivity contribution is 7.47. The highest BCUT2D eigenvalue weighted by Crippen LogP contribution is 2.45. The van der Waals surface area contributed by atoms with Gasteiger partial charge in [-0.3, -0.25) is 32.5 Å². The molecule has 5 unspecified atom stereocenters. The number of aliphatic hydroxyl groups excluding tert-OH is 2. The van der Waals surface area contributed by atoms with Gasteiger partial charge in [0.25, 0.3) is 0 Å². The second-order valence-electron chi connectivity index (χ2n) is 24.3. The van der Waals surface area contributed by atoms with Crippen LogP contribution in [-0.4, -0.2) is 95.9 Å². The van der Waals surface area contributed by atoms with Gasteiger partial charge in [-0.15, -0.1) is 0 Å². The Morgan fingerprint density at radius 3 is 0.798 bits per heavy atom. The van der Waals surface area contributed by atoms with Crippen LogP contribution in [0.3, 0.4) is 0 Å². The van der Waals surface area contributed by atoms with Gasteiger partial charge in [0.1, 0.15) is 25.4 Å². The maximum atomic E-state index is 12.9. The zero-order valence-electron chi connectivity index (χ0n) is 61.1. The topological polar surface area (TPSA) is 231 Å². The number of unbranched alkanes of at least 4 members (excludes halogenated alkanes) is 18. The lowest BCUT2D eigenvalue weighted by atomic mass is 10.1. The van der Waals surface area contributed by atoms with Crippen molar-refractivity contribution in [1.29, 1.82) is 0 Å². The normalized spacial score (nSPS) is 15.0. The Morgan fingerprint density at radius 1 is 0.283 bits per heavy atom. The third-order valence-corrected chi connectivity index (χ3v) is 16.8. The van der Waals surface area contributed by atoms with Gasteiger partial charge in [-0.05, 0) is 148 Å². The summed E-state index contributed by atoms with van der Waals surface area (Å²) in [7, 11) is -9.81. The largest absolute Gasteiger partial charge is 0.472 e. The smallest absolute Gasteiger partial charge is 0.463 e. The predicted molar refractivity (Wildman–Crippen MR) is 408 cm³/mol. The van der Waals surface area contributed by atoms with Crippen molar-refractivity contribution in [3.8, 4) is 0 Å². The fraction of sp³-hybridized carbons (Fsp3) is 0.617. The molecule has 16 nitrogen and oxygen atoms in total. The molecule has 0 saturated heterocycles. The molecule has 0 saturated carbocycles. The lowest BCUT2D eigenvalue weighted by Crippen LogP contribution is -2.30. The van der Waals surface area contributed by atoms with Crippen molar-refractivity contribution in [2.75, 3.05) is 39.6 Å². The Kier molecular flexibility index (Phi) is 69.0. The Bertz CT molecular complexity index is 2480. The zero-order chi connectivity index (χ0) is 72.3. The molecule has 0 rings (SSSR count). The number of allylic oxidation sites excluding steroid dienone is 28. The van der Waals surface area contributed by atoms with Crippen LogP contribution in [0.1, 0.15) is 265 Å². The molecule has 562 valence electrons. The van der Waals surface area contributed by atoms with E-state index in [1.54, 1.807) is 0 Å². The average Bonchev–Trinajstić information content (AvgIpc) is 1.44. The van der Waals surface area contributed by atoms with Gasteiger partial charge < -0.3 is 34.2 Å². The Hall–Kier alpha value is -5.09. The molecule has 99 heavy (non-hydrogen) atoms. The Morgan fingerprint density at radius 2 is 0.505 bits per heavy atom. The Labute approximate surface area is 599 Å². The van der Waals surface area contributed by atoms with E-state index < -0.39 is 91.5 Å². The molecule has 18 heteroatoms. The van der Waals surface area contributed by atoms with Crippen LogP contribution in [0.25, 0.3) is 0 Å². The van der Waals surface area contributed by atoms with Gasteiger partial charge in [0.2, 0.25) is 0 Å².